The number of amides is 2. The number of hydrogen-bond donors (Lipinski definition) is 2. The van der Waals surface area contributed by atoms with E-state index in [0.29, 0.717) is 30.9 Å². The van der Waals surface area contributed by atoms with Gasteiger partial charge >= 0.3 is 0 Å². The van der Waals surface area contributed by atoms with Crippen molar-refractivity contribution in [2.24, 2.45) is 5.92 Å². The second-order valence-electron chi connectivity index (χ2n) is 9.21. The molecule has 2 amide bonds. The van der Waals surface area contributed by atoms with Crippen molar-refractivity contribution < 1.29 is 19.4 Å². The molecule has 178 valence electrons. The van der Waals surface area contributed by atoms with Crippen molar-refractivity contribution in [2.45, 2.75) is 58.2 Å². The van der Waals surface area contributed by atoms with Crippen molar-refractivity contribution in [3.8, 4) is 5.88 Å². The number of nitrogens with one attached hydrogen (secondary N) is 1. The molecule has 3 heterocycles. The lowest BCUT2D eigenvalue weighted by atomic mass is 10.2. The highest BCUT2D eigenvalue weighted by Gasteiger charge is 2.30. The molecule has 2 N–H and O–H groups in total. The molecule has 0 bridgehead atoms. The van der Waals surface area contributed by atoms with Gasteiger partial charge in [-0.3, -0.25) is 19.0 Å². The lowest BCUT2D eigenvalue weighted by Crippen LogP contribution is -2.37. The molecule has 1 saturated heterocycles. The Morgan fingerprint density at radius 3 is 2.76 bits per heavy atom. The molecule has 1 saturated carbocycles. The Balaban J connectivity index is 1.72. The van der Waals surface area contributed by atoms with Crippen molar-refractivity contribution in [1.82, 2.24) is 24.4 Å². The SMILES string of the molecule is COC[C@H]1CCCN1C(=O)/C=C/c1cnn2c(=O)c(C(=O)NC3CC3)c(O)n(CC(C)C)c12. The fourth-order valence-corrected chi connectivity index (χ4v) is 4.30. The van der Waals surface area contributed by atoms with Crippen LogP contribution in [0, 0.1) is 5.92 Å². The maximum absolute atomic E-state index is 13.1. The van der Waals surface area contributed by atoms with Crippen molar-refractivity contribution in [1.29, 1.82) is 0 Å². The van der Waals surface area contributed by atoms with Gasteiger partial charge in [-0.05, 0) is 37.7 Å². The summed E-state index contributed by atoms with van der Waals surface area (Å²) in [4.78, 5) is 40.3. The van der Waals surface area contributed by atoms with Gasteiger partial charge in [-0.25, -0.2) is 0 Å². The number of aromatic nitrogens is 3. The third kappa shape index (κ3) is 4.66. The van der Waals surface area contributed by atoms with Crippen LogP contribution in [0.2, 0.25) is 0 Å². The molecule has 0 spiro atoms. The molecule has 2 aromatic heterocycles. The van der Waals surface area contributed by atoms with Crippen molar-refractivity contribution in [2.75, 3.05) is 20.3 Å². The van der Waals surface area contributed by atoms with Crippen LogP contribution < -0.4 is 10.9 Å². The summed E-state index contributed by atoms with van der Waals surface area (Å²) in [6.45, 7) is 5.46. The average molecular weight is 458 g/mol. The van der Waals surface area contributed by atoms with Gasteiger partial charge in [-0.1, -0.05) is 13.8 Å². The largest absolute Gasteiger partial charge is 0.494 e. The molecule has 0 radical (unpaired) electrons. The number of likely N-dealkylation sites (tertiary alicyclic amines) is 1. The summed E-state index contributed by atoms with van der Waals surface area (Å²) in [5.74, 6) is -1.01. The summed E-state index contributed by atoms with van der Waals surface area (Å²) in [7, 11) is 1.62. The summed E-state index contributed by atoms with van der Waals surface area (Å²) in [5.41, 5.74) is -0.156. The van der Waals surface area contributed by atoms with E-state index in [9.17, 15) is 19.5 Å². The highest BCUT2D eigenvalue weighted by Crippen LogP contribution is 2.25. The zero-order chi connectivity index (χ0) is 23.7. The number of aromatic hydroxyl groups is 1. The van der Waals surface area contributed by atoms with Gasteiger partial charge in [0.1, 0.15) is 5.65 Å². The van der Waals surface area contributed by atoms with Gasteiger partial charge in [-0.2, -0.15) is 9.61 Å². The van der Waals surface area contributed by atoms with Crippen LogP contribution in [-0.2, 0) is 16.1 Å². The number of rotatable bonds is 8. The Bertz CT molecular complexity index is 1140. The van der Waals surface area contributed by atoms with Gasteiger partial charge in [0.15, 0.2) is 5.56 Å². The first-order valence-corrected chi connectivity index (χ1v) is 11.4. The standard InChI is InChI=1S/C23H31N5O5/c1-14(2)12-27-21-15(6-9-18(29)26-10-4-5-17(26)13-33-3)11-24-28(21)23(32)19(22(27)31)20(30)25-16-7-8-16/h6,9,11,14,16-17,31H,4-5,7-8,10,12-13H2,1-3H3,(H,25,30)/b9-6+/t17-/m1/s1. The number of fused-ring (bicyclic) bond motifs is 1. The maximum Gasteiger partial charge on any atom is 0.291 e. The molecule has 1 atom stereocenters. The Morgan fingerprint density at radius 2 is 2.09 bits per heavy atom. The van der Waals surface area contributed by atoms with Gasteiger partial charge in [-0.15, -0.1) is 0 Å². The molecule has 0 unspecified atom stereocenters. The monoisotopic (exact) mass is 457 g/mol. The second-order valence-corrected chi connectivity index (χ2v) is 9.21. The molecule has 1 aliphatic heterocycles. The zero-order valence-corrected chi connectivity index (χ0v) is 19.3. The number of nitrogens with zero attached hydrogens (tertiary/aromatic N) is 4. The van der Waals surface area contributed by atoms with E-state index in [2.05, 4.69) is 10.4 Å². The van der Waals surface area contributed by atoms with E-state index >= 15 is 0 Å². The molecule has 33 heavy (non-hydrogen) atoms. The first-order chi connectivity index (χ1) is 15.8. The average Bonchev–Trinajstić information content (AvgIpc) is 3.28. The lowest BCUT2D eigenvalue weighted by molar-refractivity contribution is -0.127. The van der Waals surface area contributed by atoms with E-state index < -0.39 is 11.5 Å². The number of carbonyl (C=O) groups is 2. The lowest BCUT2D eigenvalue weighted by Gasteiger charge is -2.22. The molecular formula is C23H31N5O5. The van der Waals surface area contributed by atoms with E-state index in [1.807, 2.05) is 13.8 Å². The van der Waals surface area contributed by atoms with Crippen molar-refractivity contribution in [3.05, 3.63) is 33.8 Å². The van der Waals surface area contributed by atoms with Crippen molar-refractivity contribution in [3.63, 3.8) is 0 Å². The predicted molar refractivity (Wildman–Crippen MR) is 122 cm³/mol. The van der Waals surface area contributed by atoms with E-state index in [1.54, 1.807) is 18.1 Å². The molecule has 2 aromatic rings. The minimum absolute atomic E-state index is 0.0418. The molecule has 4 rings (SSSR count). The summed E-state index contributed by atoms with van der Waals surface area (Å²) in [5, 5.41) is 17.9. The topological polar surface area (TPSA) is 118 Å². The van der Waals surface area contributed by atoms with Gasteiger partial charge in [0.2, 0.25) is 11.8 Å². The summed E-state index contributed by atoms with van der Waals surface area (Å²) >= 11 is 0. The van der Waals surface area contributed by atoms with E-state index in [-0.39, 0.29) is 35.4 Å². The Morgan fingerprint density at radius 1 is 1.33 bits per heavy atom. The second kappa shape index (κ2) is 9.38. The van der Waals surface area contributed by atoms with Gasteiger partial charge in [0, 0.05) is 37.9 Å². The highest BCUT2D eigenvalue weighted by atomic mass is 16.5. The van der Waals surface area contributed by atoms with Crippen LogP contribution in [-0.4, -0.2) is 68.3 Å². The predicted octanol–water partition coefficient (Wildman–Crippen LogP) is 1.40. The minimum Gasteiger partial charge on any atom is -0.494 e. The molecule has 10 heteroatoms. The van der Waals surface area contributed by atoms with E-state index in [0.717, 1.165) is 30.2 Å². The molecule has 2 fully saturated rings. The normalized spacial score (nSPS) is 18.7. The first-order valence-electron chi connectivity index (χ1n) is 11.4. The number of ether oxygens (including phenoxy) is 1. The molecule has 1 aliphatic carbocycles. The number of carbonyl (C=O) groups excluding carboxylic acids is 2. The van der Waals surface area contributed by atoms with Crippen LogP contribution in [0.1, 0.15) is 55.5 Å². The van der Waals surface area contributed by atoms with Crippen LogP contribution in [0.3, 0.4) is 0 Å². The molecular weight excluding hydrogens is 426 g/mol. The van der Waals surface area contributed by atoms with Crippen LogP contribution in [0.15, 0.2) is 17.1 Å². The zero-order valence-electron chi connectivity index (χ0n) is 19.3. The number of methoxy groups -OCH3 is 1. The van der Waals surface area contributed by atoms with Crippen LogP contribution >= 0.6 is 0 Å². The van der Waals surface area contributed by atoms with E-state index in [4.69, 9.17) is 4.74 Å². The Labute approximate surface area is 191 Å². The maximum atomic E-state index is 13.1. The Hall–Kier alpha value is -3.14. The van der Waals surface area contributed by atoms with Crippen molar-refractivity contribution >= 4 is 23.5 Å². The van der Waals surface area contributed by atoms with Gasteiger partial charge in [0.05, 0.1) is 18.8 Å². The van der Waals surface area contributed by atoms with Crippen LogP contribution in [0.25, 0.3) is 11.7 Å². The van der Waals surface area contributed by atoms with Crippen LogP contribution in [0.5, 0.6) is 5.88 Å². The summed E-state index contributed by atoms with van der Waals surface area (Å²) < 4.78 is 7.87. The Kier molecular flexibility index (Phi) is 6.55. The third-order valence-corrected chi connectivity index (χ3v) is 6.02. The first kappa shape index (κ1) is 23.0. The van der Waals surface area contributed by atoms with Gasteiger partial charge < -0.3 is 20.1 Å². The minimum atomic E-state index is -0.689. The highest BCUT2D eigenvalue weighted by molar-refractivity contribution is 5.97. The van der Waals surface area contributed by atoms with Crippen LogP contribution in [0.4, 0.5) is 0 Å². The van der Waals surface area contributed by atoms with Gasteiger partial charge in [0.25, 0.3) is 11.5 Å². The third-order valence-electron chi connectivity index (χ3n) is 6.02. The fourth-order valence-electron chi connectivity index (χ4n) is 4.30. The summed E-state index contributed by atoms with van der Waals surface area (Å²) in [6.07, 6.45) is 8.09. The molecule has 0 aromatic carbocycles. The molecule has 10 nitrogen and oxygen atoms in total. The van der Waals surface area contributed by atoms with E-state index in [1.165, 1.54) is 16.8 Å². The summed E-state index contributed by atoms with van der Waals surface area (Å²) in [6, 6.07) is 0.0898. The number of hydrogen-bond acceptors (Lipinski definition) is 6. The fraction of sp³-hybridized carbons (Fsp3) is 0.565. The molecule has 2 aliphatic rings. The quantitative estimate of drug-likeness (QED) is 0.579. The smallest absolute Gasteiger partial charge is 0.291 e.